The van der Waals surface area contributed by atoms with Crippen LogP contribution in [0.5, 0.6) is 0 Å². The smallest absolute Gasteiger partial charge is 0.472 e. The molecule has 0 fully saturated rings. The highest BCUT2D eigenvalue weighted by Crippen LogP contribution is 2.43. The SMILES string of the molecule is CCCCCCC=CCCCCCCCCC=CO[C@H](COC(=O)CCCCCCCCCC=CCCCCCC)COP(=O)(O)OCCN. The minimum atomic E-state index is -4.27. The number of hydrogen-bond donors (Lipinski definition) is 2. The lowest BCUT2D eigenvalue weighted by atomic mass is 10.1. The largest absolute Gasteiger partial charge is 0.492 e. The summed E-state index contributed by atoms with van der Waals surface area (Å²) in [4.78, 5) is 22.2. The molecule has 0 bridgehead atoms. The van der Waals surface area contributed by atoms with Crippen molar-refractivity contribution in [3.8, 4) is 0 Å². The number of hydrogen-bond acceptors (Lipinski definition) is 7. The van der Waals surface area contributed by atoms with E-state index in [-0.39, 0.29) is 32.3 Å². The molecule has 2 atom stereocenters. The van der Waals surface area contributed by atoms with E-state index in [9.17, 15) is 14.3 Å². The Hall–Kier alpha value is -1.44. The minimum Gasteiger partial charge on any atom is -0.492 e. The van der Waals surface area contributed by atoms with Gasteiger partial charge in [-0.15, -0.1) is 0 Å². The molecule has 0 heterocycles. The summed E-state index contributed by atoms with van der Waals surface area (Å²) >= 11 is 0. The number of phosphoric acid groups is 1. The van der Waals surface area contributed by atoms with Gasteiger partial charge in [-0.1, -0.05) is 134 Å². The first kappa shape index (κ1) is 48.6. The van der Waals surface area contributed by atoms with Gasteiger partial charge in [0.15, 0.2) is 6.10 Å². The van der Waals surface area contributed by atoms with E-state index in [0.29, 0.717) is 6.42 Å². The average molecular weight is 728 g/mol. The molecular weight excluding hydrogens is 649 g/mol. The third-order valence-corrected chi connectivity index (χ3v) is 9.60. The van der Waals surface area contributed by atoms with Crippen molar-refractivity contribution in [2.45, 2.75) is 193 Å². The van der Waals surface area contributed by atoms with Gasteiger partial charge in [-0.05, 0) is 76.7 Å². The molecule has 1 unspecified atom stereocenters. The van der Waals surface area contributed by atoms with Crippen LogP contribution >= 0.6 is 7.82 Å². The van der Waals surface area contributed by atoms with Crippen molar-refractivity contribution in [1.29, 1.82) is 0 Å². The molecule has 0 saturated carbocycles. The van der Waals surface area contributed by atoms with Gasteiger partial charge < -0.3 is 20.1 Å². The molecule has 0 aliphatic rings. The molecule has 0 aromatic heterocycles. The van der Waals surface area contributed by atoms with Crippen molar-refractivity contribution in [1.82, 2.24) is 0 Å². The van der Waals surface area contributed by atoms with Crippen LogP contribution in [0.2, 0.25) is 0 Å². The fourth-order valence-electron chi connectivity index (χ4n) is 5.50. The van der Waals surface area contributed by atoms with Crippen LogP contribution in [0.4, 0.5) is 0 Å². The van der Waals surface area contributed by atoms with E-state index < -0.39 is 13.9 Å². The number of unbranched alkanes of at least 4 members (excludes halogenated alkanes) is 22. The fraction of sp³-hybridized carbons (Fsp3) is 0.829. The molecule has 0 aromatic rings. The van der Waals surface area contributed by atoms with E-state index in [4.69, 9.17) is 24.3 Å². The van der Waals surface area contributed by atoms with Crippen LogP contribution in [0.25, 0.3) is 0 Å². The molecule has 0 spiro atoms. The summed E-state index contributed by atoms with van der Waals surface area (Å²) in [5, 5.41) is 0. The lowest BCUT2D eigenvalue weighted by Gasteiger charge is -2.19. The summed E-state index contributed by atoms with van der Waals surface area (Å²) < 4.78 is 33.1. The number of rotatable bonds is 39. The summed E-state index contributed by atoms with van der Waals surface area (Å²) in [6.45, 7) is 4.18. The highest BCUT2D eigenvalue weighted by Gasteiger charge is 2.24. The lowest BCUT2D eigenvalue weighted by Crippen LogP contribution is -2.25. The quantitative estimate of drug-likeness (QED) is 0.0211. The molecular formula is C41H78NO7P. The fourth-order valence-corrected chi connectivity index (χ4v) is 6.26. The first-order chi connectivity index (χ1) is 24.4. The topological polar surface area (TPSA) is 117 Å². The number of carbonyl (C=O) groups is 1. The summed E-state index contributed by atoms with van der Waals surface area (Å²) in [5.41, 5.74) is 5.36. The second-order valence-corrected chi connectivity index (χ2v) is 15.0. The van der Waals surface area contributed by atoms with Crippen molar-refractivity contribution < 1.29 is 32.8 Å². The van der Waals surface area contributed by atoms with E-state index >= 15 is 0 Å². The van der Waals surface area contributed by atoms with E-state index in [1.807, 2.05) is 6.08 Å². The Morgan fingerprint density at radius 3 is 1.48 bits per heavy atom. The third-order valence-electron chi connectivity index (χ3n) is 8.62. The third kappa shape index (κ3) is 37.8. The maximum absolute atomic E-state index is 12.4. The predicted octanol–water partition coefficient (Wildman–Crippen LogP) is 12.2. The van der Waals surface area contributed by atoms with Gasteiger partial charge in [0.05, 0.1) is 19.5 Å². The Morgan fingerprint density at radius 2 is 1.02 bits per heavy atom. The van der Waals surface area contributed by atoms with Crippen molar-refractivity contribution in [2.24, 2.45) is 5.73 Å². The highest BCUT2D eigenvalue weighted by molar-refractivity contribution is 7.47. The standard InChI is InChI=1S/C41H78NO7P/c1-3-5-7-9-11-13-15-17-19-21-23-25-27-29-31-33-36-46-40(39-49-50(44,45)48-37-35-42)38-47-41(43)34-32-30-28-26-24-22-20-18-16-14-12-10-8-6-4-2/h13-16,33,36,40H,3-12,17-32,34-35,37-39,42H2,1-2H3,(H,44,45)/t40-/m1/s1. The van der Waals surface area contributed by atoms with Crippen molar-refractivity contribution in [2.75, 3.05) is 26.4 Å². The van der Waals surface area contributed by atoms with Gasteiger partial charge in [0.1, 0.15) is 6.61 Å². The zero-order chi connectivity index (χ0) is 36.6. The van der Waals surface area contributed by atoms with Gasteiger partial charge in [-0.25, -0.2) is 4.57 Å². The van der Waals surface area contributed by atoms with Gasteiger partial charge in [-0.3, -0.25) is 13.8 Å². The molecule has 50 heavy (non-hydrogen) atoms. The zero-order valence-corrected chi connectivity index (χ0v) is 33.3. The van der Waals surface area contributed by atoms with E-state index in [2.05, 4.69) is 38.2 Å². The summed E-state index contributed by atoms with van der Waals surface area (Å²) in [7, 11) is -4.27. The number of esters is 1. The molecule has 0 aliphatic heterocycles. The number of allylic oxidation sites excluding steroid dienone is 5. The predicted molar refractivity (Wildman–Crippen MR) is 210 cm³/mol. The maximum atomic E-state index is 12.4. The van der Waals surface area contributed by atoms with Crippen LogP contribution in [0.3, 0.4) is 0 Å². The van der Waals surface area contributed by atoms with E-state index in [0.717, 1.165) is 32.1 Å². The van der Waals surface area contributed by atoms with Crippen molar-refractivity contribution >= 4 is 13.8 Å². The average Bonchev–Trinajstić information content (AvgIpc) is 3.11. The molecule has 0 aliphatic carbocycles. The molecule has 9 heteroatoms. The molecule has 0 rings (SSSR count). The van der Waals surface area contributed by atoms with Crippen LogP contribution in [-0.4, -0.2) is 43.3 Å². The number of phosphoric ester groups is 1. The molecule has 8 nitrogen and oxygen atoms in total. The number of ether oxygens (including phenoxy) is 2. The van der Waals surface area contributed by atoms with Gasteiger partial charge in [-0.2, -0.15) is 0 Å². The van der Waals surface area contributed by atoms with Crippen LogP contribution in [-0.2, 0) is 27.9 Å². The van der Waals surface area contributed by atoms with Crippen LogP contribution in [0.1, 0.15) is 187 Å². The summed E-state index contributed by atoms with van der Waals surface area (Å²) in [5.74, 6) is -0.297. The summed E-state index contributed by atoms with van der Waals surface area (Å²) in [6.07, 6.45) is 44.0. The monoisotopic (exact) mass is 728 g/mol. The highest BCUT2D eigenvalue weighted by atomic mass is 31.2. The van der Waals surface area contributed by atoms with Crippen molar-refractivity contribution in [3.63, 3.8) is 0 Å². The molecule has 0 amide bonds. The minimum absolute atomic E-state index is 0.0682. The second kappa shape index (κ2) is 38.8. The normalized spacial score (nSPS) is 13.8. The Morgan fingerprint density at radius 1 is 0.600 bits per heavy atom. The van der Waals surface area contributed by atoms with Gasteiger partial charge in [0.2, 0.25) is 0 Å². The van der Waals surface area contributed by atoms with Crippen LogP contribution in [0.15, 0.2) is 36.6 Å². The lowest BCUT2D eigenvalue weighted by molar-refractivity contribution is -0.147. The molecule has 0 saturated heterocycles. The van der Waals surface area contributed by atoms with Gasteiger partial charge in [0, 0.05) is 13.0 Å². The van der Waals surface area contributed by atoms with Crippen molar-refractivity contribution in [3.05, 3.63) is 36.6 Å². The van der Waals surface area contributed by atoms with Crippen LogP contribution < -0.4 is 5.73 Å². The molecule has 3 N–H and O–H groups in total. The summed E-state index contributed by atoms with van der Waals surface area (Å²) in [6, 6.07) is 0. The van der Waals surface area contributed by atoms with Gasteiger partial charge >= 0.3 is 13.8 Å². The Balaban J connectivity index is 4.12. The first-order valence-corrected chi connectivity index (χ1v) is 22.0. The zero-order valence-electron chi connectivity index (χ0n) is 32.4. The number of carbonyl (C=O) groups excluding carboxylic acids is 1. The van der Waals surface area contributed by atoms with E-state index in [1.165, 1.54) is 135 Å². The molecule has 0 aromatic carbocycles. The van der Waals surface area contributed by atoms with E-state index in [1.54, 1.807) is 6.26 Å². The van der Waals surface area contributed by atoms with Crippen LogP contribution in [0, 0.1) is 0 Å². The number of nitrogens with two attached hydrogens (primary N) is 1. The second-order valence-electron chi connectivity index (χ2n) is 13.6. The molecule has 294 valence electrons. The Labute approximate surface area is 308 Å². The molecule has 0 radical (unpaired) electrons. The van der Waals surface area contributed by atoms with Gasteiger partial charge in [0.25, 0.3) is 0 Å². The Bertz CT molecular complexity index is 864. The Kier molecular flexibility index (Phi) is 37.7. The maximum Gasteiger partial charge on any atom is 0.472 e. The first-order valence-electron chi connectivity index (χ1n) is 20.5.